The zero-order chi connectivity index (χ0) is 13.9. The molecule has 3 rings (SSSR count). The predicted molar refractivity (Wildman–Crippen MR) is 79.4 cm³/mol. The van der Waals surface area contributed by atoms with E-state index in [0.29, 0.717) is 18.1 Å². The highest BCUT2D eigenvalue weighted by atomic mass is 16.6. The third-order valence-corrected chi connectivity index (χ3v) is 4.94. The van der Waals surface area contributed by atoms with Gasteiger partial charge < -0.3 is 4.74 Å². The third kappa shape index (κ3) is 2.88. The number of benzene rings is 1. The summed E-state index contributed by atoms with van der Waals surface area (Å²) in [6, 6.07) is 10.4. The maximum absolute atomic E-state index is 8.85. The SMILES string of the molecule is CCCC1OC1[C@H]1CC[C@H](c2ccc(C#N)cc2)CC1. The fourth-order valence-electron chi connectivity index (χ4n) is 3.70. The monoisotopic (exact) mass is 269 g/mol. The second-order valence-electron chi connectivity index (χ2n) is 6.27. The van der Waals surface area contributed by atoms with Crippen LogP contribution < -0.4 is 0 Å². The molecule has 2 fully saturated rings. The minimum atomic E-state index is 0.566. The van der Waals surface area contributed by atoms with Crippen molar-refractivity contribution in [2.24, 2.45) is 5.92 Å². The van der Waals surface area contributed by atoms with Gasteiger partial charge in [-0.1, -0.05) is 25.5 Å². The number of nitrogens with zero attached hydrogens (tertiary/aromatic N) is 1. The summed E-state index contributed by atoms with van der Waals surface area (Å²) >= 11 is 0. The Morgan fingerprint density at radius 1 is 1.15 bits per heavy atom. The second-order valence-corrected chi connectivity index (χ2v) is 6.27. The van der Waals surface area contributed by atoms with E-state index in [1.165, 1.54) is 44.1 Å². The molecule has 2 aliphatic rings. The quantitative estimate of drug-likeness (QED) is 0.760. The normalized spacial score (nSPS) is 32.6. The standard InChI is InChI=1S/C18H23NO/c1-2-3-17-18(20-17)16-10-8-15(9-11-16)14-6-4-13(12-19)5-7-14/h4-7,15-18H,2-3,8-11H2,1H3/t15-,16-,17?,18?. The first-order valence-corrected chi connectivity index (χ1v) is 7.97. The van der Waals surface area contributed by atoms with E-state index in [4.69, 9.17) is 10.00 Å². The zero-order valence-electron chi connectivity index (χ0n) is 12.2. The Bertz CT molecular complexity index is 479. The van der Waals surface area contributed by atoms with Gasteiger partial charge in [0.2, 0.25) is 0 Å². The topological polar surface area (TPSA) is 36.3 Å². The van der Waals surface area contributed by atoms with Crippen molar-refractivity contribution < 1.29 is 4.74 Å². The minimum Gasteiger partial charge on any atom is -0.369 e. The molecule has 106 valence electrons. The average molecular weight is 269 g/mol. The van der Waals surface area contributed by atoms with E-state index in [1.807, 2.05) is 12.1 Å². The van der Waals surface area contributed by atoms with E-state index in [2.05, 4.69) is 25.1 Å². The first kappa shape index (κ1) is 13.6. The lowest BCUT2D eigenvalue weighted by atomic mass is 9.77. The lowest BCUT2D eigenvalue weighted by Crippen LogP contribution is -2.19. The third-order valence-electron chi connectivity index (χ3n) is 4.94. The summed E-state index contributed by atoms with van der Waals surface area (Å²) < 4.78 is 5.83. The second kappa shape index (κ2) is 5.97. The first-order valence-electron chi connectivity index (χ1n) is 7.97. The van der Waals surface area contributed by atoms with E-state index in [-0.39, 0.29) is 0 Å². The van der Waals surface area contributed by atoms with Gasteiger partial charge in [-0.3, -0.25) is 0 Å². The smallest absolute Gasteiger partial charge is 0.0991 e. The highest BCUT2D eigenvalue weighted by Gasteiger charge is 2.44. The van der Waals surface area contributed by atoms with Gasteiger partial charge in [-0.25, -0.2) is 0 Å². The van der Waals surface area contributed by atoms with Gasteiger partial charge in [-0.15, -0.1) is 0 Å². The van der Waals surface area contributed by atoms with E-state index >= 15 is 0 Å². The Labute approximate surface area is 121 Å². The van der Waals surface area contributed by atoms with Crippen LogP contribution in [0.15, 0.2) is 24.3 Å². The largest absolute Gasteiger partial charge is 0.369 e. The molecule has 2 heteroatoms. The number of rotatable bonds is 4. The summed E-state index contributed by atoms with van der Waals surface area (Å²) in [5.74, 6) is 1.48. The van der Waals surface area contributed by atoms with Gasteiger partial charge in [0.1, 0.15) is 0 Å². The van der Waals surface area contributed by atoms with Crippen molar-refractivity contribution in [2.45, 2.75) is 63.6 Å². The molecular weight excluding hydrogens is 246 g/mol. The highest BCUT2D eigenvalue weighted by molar-refractivity contribution is 5.33. The van der Waals surface area contributed by atoms with Crippen molar-refractivity contribution >= 4 is 0 Å². The van der Waals surface area contributed by atoms with Crippen molar-refractivity contribution in [1.82, 2.24) is 0 Å². The molecule has 1 aromatic rings. The lowest BCUT2D eigenvalue weighted by Gasteiger charge is -2.28. The summed E-state index contributed by atoms with van der Waals surface area (Å²) in [5.41, 5.74) is 2.17. The average Bonchev–Trinajstić information content (AvgIpc) is 3.27. The Kier molecular flexibility index (Phi) is 4.08. The molecule has 1 saturated heterocycles. The first-order chi connectivity index (χ1) is 9.81. The summed E-state index contributed by atoms with van der Waals surface area (Å²) in [4.78, 5) is 0. The summed E-state index contributed by atoms with van der Waals surface area (Å²) in [6.07, 6.45) is 8.76. The molecule has 0 aromatic heterocycles. The molecule has 0 N–H and O–H groups in total. The predicted octanol–water partition coefficient (Wildman–Crippen LogP) is 4.40. The van der Waals surface area contributed by atoms with Crippen molar-refractivity contribution in [1.29, 1.82) is 5.26 Å². The van der Waals surface area contributed by atoms with E-state index in [1.54, 1.807) is 0 Å². The number of hydrogen-bond donors (Lipinski definition) is 0. The molecule has 1 aliphatic carbocycles. The summed E-state index contributed by atoms with van der Waals surface area (Å²) in [7, 11) is 0. The van der Waals surface area contributed by atoms with Crippen molar-refractivity contribution in [3.05, 3.63) is 35.4 Å². The fourth-order valence-corrected chi connectivity index (χ4v) is 3.70. The van der Waals surface area contributed by atoms with E-state index in [9.17, 15) is 0 Å². The Morgan fingerprint density at radius 3 is 2.45 bits per heavy atom. The molecule has 0 radical (unpaired) electrons. The Balaban J connectivity index is 1.52. The molecule has 2 nitrogen and oxygen atoms in total. The number of ether oxygens (including phenoxy) is 1. The summed E-state index contributed by atoms with van der Waals surface area (Å²) in [6.45, 7) is 2.24. The van der Waals surface area contributed by atoms with Crippen LogP contribution in [0.4, 0.5) is 0 Å². The molecule has 1 aliphatic heterocycles. The van der Waals surface area contributed by atoms with Gasteiger partial charge in [0.05, 0.1) is 23.8 Å². The molecule has 0 spiro atoms. The molecule has 1 aromatic carbocycles. The fraction of sp³-hybridized carbons (Fsp3) is 0.611. The van der Waals surface area contributed by atoms with Crippen molar-refractivity contribution in [3.8, 4) is 6.07 Å². The van der Waals surface area contributed by atoms with Crippen LogP contribution in [0.5, 0.6) is 0 Å². The van der Waals surface area contributed by atoms with Gasteiger partial charge in [-0.05, 0) is 61.6 Å². The van der Waals surface area contributed by atoms with Crippen molar-refractivity contribution in [2.75, 3.05) is 0 Å². The molecule has 20 heavy (non-hydrogen) atoms. The maximum Gasteiger partial charge on any atom is 0.0991 e. The molecule has 0 bridgehead atoms. The van der Waals surface area contributed by atoms with Crippen LogP contribution in [-0.2, 0) is 4.74 Å². The van der Waals surface area contributed by atoms with Crippen LogP contribution in [0.1, 0.15) is 62.5 Å². The Hall–Kier alpha value is -1.33. The summed E-state index contributed by atoms with van der Waals surface area (Å²) in [5, 5.41) is 8.85. The highest BCUT2D eigenvalue weighted by Crippen LogP contribution is 2.44. The van der Waals surface area contributed by atoms with Gasteiger partial charge in [-0.2, -0.15) is 5.26 Å². The zero-order valence-corrected chi connectivity index (χ0v) is 12.2. The maximum atomic E-state index is 8.85. The van der Waals surface area contributed by atoms with Crippen molar-refractivity contribution in [3.63, 3.8) is 0 Å². The van der Waals surface area contributed by atoms with Crippen LogP contribution in [0, 0.1) is 17.2 Å². The van der Waals surface area contributed by atoms with E-state index in [0.717, 1.165) is 11.5 Å². The minimum absolute atomic E-state index is 0.566. The van der Waals surface area contributed by atoms with Gasteiger partial charge >= 0.3 is 0 Å². The van der Waals surface area contributed by atoms with E-state index < -0.39 is 0 Å². The van der Waals surface area contributed by atoms with Gasteiger partial charge in [0, 0.05) is 0 Å². The number of epoxide rings is 1. The molecule has 1 saturated carbocycles. The number of hydrogen-bond acceptors (Lipinski definition) is 2. The molecule has 2 atom stereocenters. The number of nitriles is 1. The molecular formula is C18H23NO. The molecule has 1 heterocycles. The Morgan fingerprint density at radius 2 is 1.85 bits per heavy atom. The molecule has 0 amide bonds. The van der Waals surface area contributed by atoms with Crippen LogP contribution in [0.25, 0.3) is 0 Å². The van der Waals surface area contributed by atoms with Gasteiger partial charge in [0.15, 0.2) is 0 Å². The molecule has 2 unspecified atom stereocenters. The van der Waals surface area contributed by atoms with Crippen LogP contribution in [-0.4, -0.2) is 12.2 Å². The lowest BCUT2D eigenvalue weighted by molar-refractivity contribution is 0.248. The van der Waals surface area contributed by atoms with Crippen LogP contribution >= 0.6 is 0 Å². The van der Waals surface area contributed by atoms with Crippen LogP contribution in [0.2, 0.25) is 0 Å². The van der Waals surface area contributed by atoms with Crippen LogP contribution in [0.3, 0.4) is 0 Å². The van der Waals surface area contributed by atoms with Gasteiger partial charge in [0.25, 0.3) is 0 Å².